The number of halogens is 1. The van der Waals surface area contributed by atoms with Crippen LogP contribution in [-0.4, -0.2) is 49.4 Å². The lowest BCUT2D eigenvalue weighted by Gasteiger charge is -2.12. The molecule has 0 unspecified atom stereocenters. The fourth-order valence-corrected chi connectivity index (χ4v) is 3.36. The molecule has 31 heavy (non-hydrogen) atoms. The maximum atomic E-state index is 14.3. The van der Waals surface area contributed by atoms with Crippen molar-refractivity contribution in [2.24, 2.45) is 0 Å². The van der Waals surface area contributed by atoms with Crippen LogP contribution in [0.25, 0.3) is 5.69 Å². The molecule has 1 aliphatic heterocycles. The van der Waals surface area contributed by atoms with Crippen molar-refractivity contribution in [1.82, 2.24) is 25.1 Å². The van der Waals surface area contributed by atoms with Gasteiger partial charge in [0.15, 0.2) is 5.82 Å². The van der Waals surface area contributed by atoms with Crippen molar-refractivity contribution in [3.05, 3.63) is 64.7 Å². The van der Waals surface area contributed by atoms with Crippen LogP contribution in [0.3, 0.4) is 0 Å². The summed E-state index contributed by atoms with van der Waals surface area (Å²) < 4.78 is 15.7. The number of rotatable bonds is 6. The number of amides is 3. The van der Waals surface area contributed by atoms with Gasteiger partial charge in [-0.2, -0.15) is 4.68 Å². The number of nitrogens with one attached hydrogen (secondary N) is 1. The molecule has 10 heteroatoms. The highest BCUT2D eigenvalue weighted by Gasteiger charge is 2.35. The van der Waals surface area contributed by atoms with Crippen molar-refractivity contribution in [2.75, 3.05) is 11.9 Å². The number of aryl methyl sites for hydroxylation is 1. The second-order valence-electron chi connectivity index (χ2n) is 7.13. The highest BCUT2D eigenvalue weighted by atomic mass is 19.1. The second-order valence-corrected chi connectivity index (χ2v) is 7.13. The van der Waals surface area contributed by atoms with Crippen molar-refractivity contribution in [3.63, 3.8) is 0 Å². The summed E-state index contributed by atoms with van der Waals surface area (Å²) >= 11 is 0. The predicted molar refractivity (Wildman–Crippen MR) is 109 cm³/mol. The van der Waals surface area contributed by atoms with E-state index in [1.54, 1.807) is 6.92 Å². The third kappa shape index (κ3) is 3.67. The van der Waals surface area contributed by atoms with Gasteiger partial charge in [0, 0.05) is 12.1 Å². The Kier molecular flexibility index (Phi) is 5.28. The van der Waals surface area contributed by atoms with Crippen molar-refractivity contribution in [3.8, 4) is 5.69 Å². The van der Waals surface area contributed by atoms with Gasteiger partial charge in [-0.1, -0.05) is 13.3 Å². The Morgan fingerprint density at radius 2 is 1.87 bits per heavy atom. The molecule has 0 fully saturated rings. The first-order chi connectivity index (χ1) is 14.9. The Bertz CT molecular complexity index is 1210. The largest absolute Gasteiger partial charge is 0.319 e. The van der Waals surface area contributed by atoms with Crippen LogP contribution in [0.1, 0.15) is 56.7 Å². The van der Waals surface area contributed by atoms with Gasteiger partial charge in [-0.15, -0.1) is 5.10 Å². The van der Waals surface area contributed by atoms with E-state index in [1.165, 1.54) is 46.0 Å². The quantitative estimate of drug-likeness (QED) is 0.612. The summed E-state index contributed by atoms with van der Waals surface area (Å²) in [6.07, 6.45) is 1.55. The molecule has 1 aromatic heterocycles. The molecule has 0 spiro atoms. The van der Waals surface area contributed by atoms with Gasteiger partial charge in [-0.25, -0.2) is 4.39 Å². The highest BCUT2D eigenvalue weighted by Crippen LogP contribution is 2.25. The Morgan fingerprint density at radius 3 is 2.58 bits per heavy atom. The smallest absolute Gasteiger partial charge is 0.261 e. The minimum Gasteiger partial charge on any atom is -0.319 e. The van der Waals surface area contributed by atoms with Gasteiger partial charge in [0.2, 0.25) is 0 Å². The molecule has 1 aliphatic rings. The summed E-state index contributed by atoms with van der Waals surface area (Å²) in [6.45, 7) is 3.99. The van der Waals surface area contributed by atoms with Crippen LogP contribution in [0.15, 0.2) is 36.4 Å². The number of hydrogen-bond acceptors (Lipinski definition) is 6. The van der Waals surface area contributed by atoms with E-state index in [0.717, 1.165) is 6.42 Å². The zero-order valence-electron chi connectivity index (χ0n) is 16.9. The van der Waals surface area contributed by atoms with Crippen molar-refractivity contribution >= 4 is 23.4 Å². The fourth-order valence-electron chi connectivity index (χ4n) is 3.36. The van der Waals surface area contributed by atoms with Crippen LogP contribution in [0.2, 0.25) is 0 Å². The SMILES string of the molecule is CCCCN1C(=O)c2ccc(C(=O)Nc3cc(-n4nnnc4C)ccc3F)cc2C1=O. The van der Waals surface area contributed by atoms with E-state index < -0.39 is 17.6 Å². The number of carbonyl (C=O) groups is 3. The lowest BCUT2D eigenvalue weighted by Crippen LogP contribution is -2.30. The van der Waals surface area contributed by atoms with Crippen molar-refractivity contribution in [1.29, 1.82) is 0 Å². The van der Waals surface area contributed by atoms with Crippen molar-refractivity contribution < 1.29 is 18.8 Å². The number of tetrazole rings is 1. The first kappa shape index (κ1) is 20.3. The van der Waals surface area contributed by atoms with Crippen molar-refractivity contribution in [2.45, 2.75) is 26.7 Å². The average molecular weight is 422 g/mol. The third-order valence-electron chi connectivity index (χ3n) is 5.04. The van der Waals surface area contributed by atoms with Crippen LogP contribution in [0.4, 0.5) is 10.1 Å². The van der Waals surface area contributed by atoms with E-state index in [1.807, 2.05) is 6.92 Å². The zero-order valence-corrected chi connectivity index (χ0v) is 16.9. The third-order valence-corrected chi connectivity index (χ3v) is 5.04. The number of benzene rings is 2. The topological polar surface area (TPSA) is 110 Å². The van der Waals surface area contributed by atoms with Gasteiger partial charge >= 0.3 is 0 Å². The van der Waals surface area contributed by atoms with Gasteiger partial charge in [0.1, 0.15) is 5.82 Å². The molecule has 4 rings (SSSR count). The van der Waals surface area contributed by atoms with Crippen LogP contribution in [-0.2, 0) is 0 Å². The molecule has 0 saturated heterocycles. The maximum absolute atomic E-state index is 14.3. The van der Waals surface area contributed by atoms with E-state index in [4.69, 9.17) is 0 Å². The number of carbonyl (C=O) groups excluding carboxylic acids is 3. The Balaban J connectivity index is 1.59. The van der Waals surface area contributed by atoms with E-state index in [9.17, 15) is 18.8 Å². The average Bonchev–Trinajstić information content (AvgIpc) is 3.29. The Hall–Kier alpha value is -3.95. The number of unbranched alkanes of at least 4 members (excludes halogenated alkanes) is 1. The minimum absolute atomic E-state index is 0.0649. The second kappa shape index (κ2) is 8.05. The monoisotopic (exact) mass is 422 g/mol. The molecule has 0 atom stereocenters. The summed E-state index contributed by atoms with van der Waals surface area (Å²) in [6, 6.07) is 8.35. The molecule has 9 nitrogen and oxygen atoms in total. The summed E-state index contributed by atoms with van der Waals surface area (Å²) in [5, 5.41) is 13.7. The summed E-state index contributed by atoms with van der Waals surface area (Å²) in [5.41, 5.74) is 0.985. The Labute approximate surface area is 176 Å². The molecule has 2 heterocycles. The zero-order chi connectivity index (χ0) is 22.1. The number of imide groups is 1. The van der Waals surface area contributed by atoms with Gasteiger partial charge in [-0.3, -0.25) is 19.3 Å². The van der Waals surface area contributed by atoms with Gasteiger partial charge < -0.3 is 5.32 Å². The molecular formula is C21H19FN6O3. The van der Waals surface area contributed by atoms with E-state index in [2.05, 4.69) is 20.8 Å². The number of hydrogen-bond donors (Lipinski definition) is 1. The molecule has 2 aromatic carbocycles. The van der Waals surface area contributed by atoms with E-state index in [-0.39, 0.29) is 28.3 Å². The molecule has 3 aromatic rings. The number of aromatic nitrogens is 4. The molecule has 0 aliphatic carbocycles. The summed E-state index contributed by atoms with van der Waals surface area (Å²) in [5.74, 6) is -1.54. The first-order valence-electron chi connectivity index (χ1n) is 9.77. The lowest BCUT2D eigenvalue weighted by atomic mass is 10.1. The minimum atomic E-state index is -0.638. The summed E-state index contributed by atoms with van der Waals surface area (Å²) in [7, 11) is 0. The van der Waals surface area contributed by atoms with Gasteiger partial charge in [0.25, 0.3) is 17.7 Å². The highest BCUT2D eigenvalue weighted by molar-refractivity contribution is 6.22. The number of fused-ring (bicyclic) bond motifs is 1. The molecule has 1 N–H and O–H groups in total. The Morgan fingerprint density at radius 1 is 1.10 bits per heavy atom. The molecule has 0 saturated carbocycles. The maximum Gasteiger partial charge on any atom is 0.261 e. The van der Waals surface area contributed by atoms with E-state index in [0.29, 0.717) is 24.5 Å². The number of anilines is 1. The summed E-state index contributed by atoms with van der Waals surface area (Å²) in [4.78, 5) is 39.0. The van der Waals surface area contributed by atoms with Crippen LogP contribution in [0.5, 0.6) is 0 Å². The van der Waals surface area contributed by atoms with Gasteiger partial charge in [0.05, 0.1) is 22.5 Å². The van der Waals surface area contributed by atoms with E-state index >= 15 is 0 Å². The standard InChI is InChI=1S/C21H19FN6O3/c1-3-4-9-27-20(30)15-7-5-13(10-16(15)21(27)31)19(29)23-18-11-14(6-8-17(18)22)28-12(2)24-25-26-28/h5-8,10-11H,3-4,9H2,1-2H3,(H,23,29). The fraction of sp³-hybridized carbons (Fsp3) is 0.238. The normalized spacial score (nSPS) is 12.9. The molecule has 0 radical (unpaired) electrons. The molecule has 158 valence electrons. The molecular weight excluding hydrogens is 403 g/mol. The van der Waals surface area contributed by atoms with Crippen LogP contribution >= 0.6 is 0 Å². The number of nitrogens with zero attached hydrogens (tertiary/aromatic N) is 5. The first-order valence-corrected chi connectivity index (χ1v) is 9.77. The predicted octanol–water partition coefficient (Wildman–Crippen LogP) is 2.76. The lowest BCUT2D eigenvalue weighted by molar-refractivity contribution is 0.0652. The molecule has 3 amide bonds. The van der Waals surface area contributed by atoms with Gasteiger partial charge in [-0.05, 0) is 60.2 Å². The van der Waals surface area contributed by atoms with Crippen LogP contribution < -0.4 is 5.32 Å². The van der Waals surface area contributed by atoms with Crippen LogP contribution in [0, 0.1) is 12.7 Å². The molecule has 0 bridgehead atoms.